The fourth-order valence-corrected chi connectivity index (χ4v) is 4.70. The highest BCUT2D eigenvalue weighted by molar-refractivity contribution is 5.95. The predicted octanol–water partition coefficient (Wildman–Crippen LogP) is 4.81. The van der Waals surface area contributed by atoms with E-state index in [0.717, 1.165) is 22.3 Å². The summed E-state index contributed by atoms with van der Waals surface area (Å²) in [6.45, 7) is 0.215. The van der Waals surface area contributed by atoms with E-state index >= 15 is 0 Å². The van der Waals surface area contributed by atoms with Crippen LogP contribution >= 0.6 is 0 Å². The Hall–Kier alpha value is -4.39. The first kappa shape index (κ1) is 22.4. The van der Waals surface area contributed by atoms with Crippen LogP contribution in [-0.2, 0) is 9.53 Å². The normalized spacial score (nSPS) is 17.9. The Morgan fingerprint density at radius 2 is 1.49 bits per heavy atom. The lowest BCUT2D eigenvalue weighted by molar-refractivity contribution is -0.140. The summed E-state index contributed by atoms with van der Waals surface area (Å²) in [5.74, 6) is -1.81. The zero-order valence-electron chi connectivity index (χ0n) is 18.8. The van der Waals surface area contributed by atoms with Gasteiger partial charge in [0.15, 0.2) is 0 Å². The highest BCUT2D eigenvalue weighted by Gasteiger charge is 2.29. The van der Waals surface area contributed by atoms with Crippen LogP contribution in [0.15, 0.2) is 84.9 Å². The number of amides is 2. The molecule has 3 N–H and O–H groups in total. The van der Waals surface area contributed by atoms with Gasteiger partial charge in [0.05, 0.1) is 5.92 Å². The summed E-state index contributed by atoms with van der Waals surface area (Å²) in [6.07, 6.45) is 3.06. The molecule has 7 nitrogen and oxygen atoms in total. The first-order chi connectivity index (χ1) is 17.0. The number of fused-ring (bicyclic) bond motifs is 3. The van der Waals surface area contributed by atoms with Crippen molar-refractivity contribution in [3.8, 4) is 11.1 Å². The van der Waals surface area contributed by atoms with Crippen LogP contribution in [0.4, 0.5) is 10.5 Å². The highest BCUT2D eigenvalue weighted by atomic mass is 16.5. The van der Waals surface area contributed by atoms with Gasteiger partial charge in [-0.1, -0.05) is 60.7 Å². The van der Waals surface area contributed by atoms with Crippen LogP contribution in [0.2, 0.25) is 0 Å². The SMILES string of the molecule is O=C(Nc1ccc(C(=O)NC2C=CC(C(=O)O)C2)cc1)OCC1c2ccccc2-c2ccccc21. The Labute approximate surface area is 202 Å². The third-order valence-electron chi connectivity index (χ3n) is 6.45. The van der Waals surface area contributed by atoms with Crippen LogP contribution in [0.25, 0.3) is 11.1 Å². The number of carbonyl (C=O) groups is 3. The second-order valence-electron chi connectivity index (χ2n) is 8.67. The molecule has 176 valence electrons. The predicted molar refractivity (Wildman–Crippen MR) is 131 cm³/mol. The van der Waals surface area contributed by atoms with Gasteiger partial charge in [-0.3, -0.25) is 14.9 Å². The fraction of sp³-hybridized carbons (Fsp3) is 0.179. The van der Waals surface area contributed by atoms with E-state index in [9.17, 15) is 14.4 Å². The molecule has 2 unspecified atom stereocenters. The summed E-state index contributed by atoms with van der Waals surface area (Å²) < 4.78 is 5.55. The van der Waals surface area contributed by atoms with Crippen molar-refractivity contribution in [2.45, 2.75) is 18.4 Å². The number of carbonyl (C=O) groups excluding carboxylic acids is 2. The van der Waals surface area contributed by atoms with E-state index < -0.39 is 18.0 Å². The van der Waals surface area contributed by atoms with Gasteiger partial charge in [-0.2, -0.15) is 0 Å². The lowest BCUT2D eigenvalue weighted by Crippen LogP contribution is -2.33. The average Bonchev–Trinajstić information content (AvgIpc) is 3.46. The molecule has 7 heteroatoms. The van der Waals surface area contributed by atoms with Crippen molar-refractivity contribution in [3.63, 3.8) is 0 Å². The number of hydrogen-bond donors (Lipinski definition) is 3. The van der Waals surface area contributed by atoms with Crippen molar-refractivity contribution in [2.24, 2.45) is 5.92 Å². The number of rotatable bonds is 6. The smallest absolute Gasteiger partial charge is 0.411 e. The Morgan fingerprint density at radius 3 is 2.09 bits per heavy atom. The van der Waals surface area contributed by atoms with E-state index in [1.165, 1.54) is 0 Å². The summed E-state index contributed by atoms with van der Waals surface area (Å²) in [5, 5.41) is 14.6. The molecule has 5 rings (SSSR count). The van der Waals surface area contributed by atoms with Gasteiger partial charge < -0.3 is 15.2 Å². The topological polar surface area (TPSA) is 105 Å². The maximum absolute atomic E-state index is 12.5. The lowest BCUT2D eigenvalue weighted by Gasteiger charge is -2.15. The molecule has 0 fully saturated rings. The van der Waals surface area contributed by atoms with E-state index in [2.05, 4.69) is 34.9 Å². The summed E-state index contributed by atoms with van der Waals surface area (Å²) in [5.41, 5.74) is 5.53. The number of aliphatic carboxylic acids is 1. The van der Waals surface area contributed by atoms with Gasteiger partial charge in [0.2, 0.25) is 0 Å². The Balaban J connectivity index is 1.16. The molecule has 3 aromatic rings. The summed E-state index contributed by atoms with van der Waals surface area (Å²) in [4.78, 5) is 36.0. The molecule has 0 heterocycles. The number of ether oxygens (including phenoxy) is 1. The molecular weight excluding hydrogens is 444 g/mol. The molecule has 0 radical (unpaired) electrons. The zero-order valence-corrected chi connectivity index (χ0v) is 18.8. The van der Waals surface area contributed by atoms with E-state index in [1.807, 2.05) is 24.3 Å². The van der Waals surface area contributed by atoms with Gasteiger partial charge in [-0.15, -0.1) is 0 Å². The second kappa shape index (κ2) is 9.46. The molecule has 2 atom stereocenters. The molecule has 0 spiro atoms. The third kappa shape index (κ3) is 4.66. The summed E-state index contributed by atoms with van der Waals surface area (Å²) in [7, 11) is 0. The van der Waals surface area contributed by atoms with Crippen molar-refractivity contribution >= 4 is 23.7 Å². The standard InChI is InChI=1S/C28H24N2O5/c31-26(29-20-14-11-18(15-20)27(32)33)17-9-12-19(13-10-17)30-28(34)35-16-25-23-7-3-1-5-21(23)22-6-2-4-8-24(22)25/h1-14,18,20,25H,15-16H2,(H,29,31)(H,30,34)(H,32,33). The highest BCUT2D eigenvalue weighted by Crippen LogP contribution is 2.44. The van der Waals surface area contributed by atoms with Gasteiger partial charge in [0, 0.05) is 23.2 Å². The molecule has 2 aliphatic carbocycles. The zero-order chi connectivity index (χ0) is 24.4. The first-order valence-corrected chi connectivity index (χ1v) is 11.4. The second-order valence-corrected chi connectivity index (χ2v) is 8.67. The lowest BCUT2D eigenvalue weighted by atomic mass is 9.98. The molecule has 2 aliphatic rings. The van der Waals surface area contributed by atoms with Crippen LogP contribution in [0.5, 0.6) is 0 Å². The monoisotopic (exact) mass is 468 g/mol. The van der Waals surface area contributed by atoms with Crippen molar-refractivity contribution < 1.29 is 24.2 Å². The maximum atomic E-state index is 12.5. The maximum Gasteiger partial charge on any atom is 0.411 e. The first-order valence-electron chi connectivity index (χ1n) is 11.4. The van der Waals surface area contributed by atoms with Crippen molar-refractivity contribution in [1.29, 1.82) is 0 Å². The number of anilines is 1. The molecule has 2 amide bonds. The molecule has 3 aromatic carbocycles. The number of carboxylic acid groups (broad SMARTS) is 1. The minimum Gasteiger partial charge on any atom is -0.481 e. The van der Waals surface area contributed by atoms with Crippen molar-refractivity contribution in [1.82, 2.24) is 5.32 Å². The molecule has 0 saturated heterocycles. The van der Waals surface area contributed by atoms with Crippen LogP contribution in [0.1, 0.15) is 33.8 Å². The van der Waals surface area contributed by atoms with E-state index in [0.29, 0.717) is 17.7 Å². The van der Waals surface area contributed by atoms with Gasteiger partial charge in [-0.25, -0.2) is 4.79 Å². The number of carboxylic acids is 1. The van der Waals surface area contributed by atoms with Crippen molar-refractivity contribution in [2.75, 3.05) is 11.9 Å². The fourth-order valence-electron chi connectivity index (χ4n) is 4.70. The Morgan fingerprint density at radius 1 is 0.857 bits per heavy atom. The number of hydrogen-bond acceptors (Lipinski definition) is 4. The molecular formula is C28H24N2O5. The van der Waals surface area contributed by atoms with Crippen LogP contribution < -0.4 is 10.6 Å². The average molecular weight is 469 g/mol. The molecule has 0 saturated carbocycles. The molecule has 0 aliphatic heterocycles. The Kier molecular flexibility index (Phi) is 6.06. The van der Waals surface area contributed by atoms with Crippen molar-refractivity contribution in [3.05, 3.63) is 102 Å². The largest absolute Gasteiger partial charge is 0.481 e. The Bertz CT molecular complexity index is 1270. The molecule has 0 bridgehead atoms. The van der Waals surface area contributed by atoms with Crippen LogP contribution in [0, 0.1) is 5.92 Å². The van der Waals surface area contributed by atoms with Crippen LogP contribution in [-0.4, -0.2) is 35.7 Å². The third-order valence-corrected chi connectivity index (χ3v) is 6.45. The van der Waals surface area contributed by atoms with E-state index in [1.54, 1.807) is 36.4 Å². The quantitative estimate of drug-likeness (QED) is 0.451. The number of benzene rings is 3. The van der Waals surface area contributed by atoms with E-state index in [-0.39, 0.29) is 24.5 Å². The van der Waals surface area contributed by atoms with Gasteiger partial charge in [0.25, 0.3) is 5.91 Å². The van der Waals surface area contributed by atoms with Gasteiger partial charge in [-0.05, 0) is 52.9 Å². The number of nitrogens with one attached hydrogen (secondary N) is 2. The van der Waals surface area contributed by atoms with Gasteiger partial charge >= 0.3 is 12.1 Å². The minimum absolute atomic E-state index is 0.0235. The molecule has 35 heavy (non-hydrogen) atoms. The molecule has 0 aromatic heterocycles. The summed E-state index contributed by atoms with van der Waals surface area (Å²) in [6, 6.07) is 22.4. The van der Waals surface area contributed by atoms with Gasteiger partial charge in [0.1, 0.15) is 6.61 Å². The minimum atomic E-state index is -0.901. The van der Waals surface area contributed by atoms with Crippen LogP contribution in [0.3, 0.4) is 0 Å². The van der Waals surface area contributed by atoms with E-state index in [4.69, 9.17) is 9.84 Å². The summed E-state index contributed by atoms with van der Waals surface area (Å²) >= 11 is 0.